The lowest BCUT2D eigenvalue weighted by Gasteiger charge is -2.35. The summed E-state index contributed by atoms with van der Waals surface area (Å²) in [6.45, 7) is 18.7. The van der Waals surface area contributed by atoms with Crippen molar-refractivity contribution >= 4 is 31.0 Å². The van der Waals surface area contributed by atoms with Gasteiger partial charge in [0.2, 0.25) is 11.8 Å². The molecule has 0 radical (unpaired) electrons. The van der Waals surface area contributed by atoms with Crippen molar-refractivity contribution in [3.8, 4) is 0 Å². The predicted octanol–water partition coefficient (Wildman–Crippen LogP) is 5.36. The molecule has 0 aliphatic carbocycles. The van der Waals surface area contributed by atoms with Gasteiger partial charge < -0.3 is 33.9 Å². The summed E-state index contributed by atoms with van der Waals surface area (Å²) >= 11 is 0. The predicted molar refractivity (Wildman–Crippen MR) is 180 cm³/mol. The average Bonchev–Trinajstić information content (AvgIpc) is 3.45. The van der Waals surface area contributed by atoms with E-state index < -0.39 is 46.5 Å². The highest BCUT2D eigenvalue weighted by Gasteiger charge is 2.55. The van der Waals surface area contributed by atoms with E-state index in [1.54, 1.807) is 37.6 Å². The average molecular weight is 658 g/mol. The third-order valence-corrected chi connectivity index (χ3v) is 9.54. The Bertz CT molecular complexity index is 1250. The minimum atomic E-state index is -1.28. The van der Waals surface area contributed by atoms with Crippen LogP contribution >= 0.6 is 0 Å². The summed E-state index contributed by atoms with van der Waals surface area (Å²) in [4.78, 5) is 56.9. The summed E-state index contributed by atoms with van der Waals surface area (Å²) in [5.41, 5.74) is -2.04. The number of rotatable bonds is 12. The number of hydrogen-bond acceptors (Lipinski definition) is 8. The second-order valence-corrected chi connectivity index (χ2v) is 15.3. The number of ether oxygens (including phenoxy) is 2. The molecule has 0 unspecified atom stereocenters. The first-order chi connectivity index (χ1) is 21.7. The van der Waals surface area contributed by atoms with Crippen LogP contribution in [0, 0.1) is 5.92 Å². The SMILES string of the molecule is CC(=O)N1C[C@H](N(C)C(=O)[C@@H](NC(=O)OC(C)(C)C)C(C)C)C[C@@]1(CCCCB1OC(C)(C)C(C)(C)O1)C(=O)OCc1ccccc1. The van der Waals surface area contributed by atoms with Gasteiger partial charge in [-0.3, -0.25) is 9.59 Å². The van der Waals surface area contributed by atoms with Gasteiger partial charge in [0.1, 0.15) is 23.8 Å². The monoisotopic (exact) mass is 657 g/mol. The number of nitrogens with one attached hydrogen (secondary N) is 1. The largest absolute Gasteiger partial charge is 0.459 e. The molecule has 2 aliphatic rings. The van der Waals surface area contributed by atoms with Gasteiger partial charge in [-0.25, -0.2) is 9.59 Å². The Morgan fingerprint density at radius 2 is 1.64 bits per heavy atom. The van der Waals surface area contributed by atoms with E-state index >= 15 is 0 Å². The molecule has 0 aromatic heterocycles. The maximum atomic E-state index is 14.1. The molecule has 2 saturated heterocycles. The lowest BCUT2D eigenvalue weighted by molar-refractivity contribution is -0.163. The van der Waals surface area contributed by atoms with Crippen LogP contribution in [0.4, 0.5) is 4.79 Å². The smallest absolute Gasteiger partial charge is 0.457 e. The molecular formula is C35H56BN3O8. The van der Waals surface area contributed by atoms with E-state index in [1.807, 2.05) is 71.9 Å². The highest BCUT2D eigenvalue weighted by atomic mass is 16.7. The maximum Gasteiger partial charge on any atom is 0.457 e. The van der Waals surface area contributed by atoms with Crippen molar-refractivity contribution in [2.45, 2.75) is 142 Å². The molecule has 1 N–H and O–H groups in total. The fourth-order valence-corrected chi connectivity index (χ4v) is 6.19. The molecule has 2 aliphatic heterocycles. The number of carbonyl (C=O) groups excluding carboxylic acids is 4. The summed E-state index contributed by atoms with van der Waals surface area (Å²) in [5.74, 6) is -1.34. The van der Waals surface area contributed by atoms with Gasteiger partial charge in [-0.2, -0.15) is 0 Å². The first kappa shape index (κ1) is 38.3. The fraction of sp³-hybridized carbons (Fsp3) is 0.714. The molecule has 1 aromatic rings. The first-order valence-corrected chi connectivity index (χ1v) is 16.8. The second-order valence-electron chi connectivity index (χ2n) is 15.3. The molecule has 0 spiro atoms. The van der Waals surface area contributed by atoms with Gasteiger partial charge in [0.15, 0.2) is 0 Å². The molecule has 3 amide bonds. The number of likely N-dealkylation sites (N-methyl/N-ethyl adjacent to an activating group) is 1. The van der Waals surface area contributed by atoms with Crippen LogP contribution in [0.3, 0.4) is 0 Å². The number of unbranched alkanes of at least 4 members (excludes halogenated alkanes) is 1. The Morgan fingerprint density at radius 1 is 1.04 bits per heavy atom. The standard InChI is InChI=1S/C35H56BN3O8/c1-24(2)28(37-31(43)45-32(4,5)6)29(41)38(11)27-21-35(39(22-27)25(3)40,30(42)44-23-26-17-13-12-14-18-26)19-15-16-20-36-46-33(7,8)34(9,10)47-36/h12-14,17-18,24,27-28H,15-16,19-23H2,1-11H3,(H,37,43)/t27-,28+,35+/m1/s1. The van der Waals surface area contributed by atoms with E-state index in [-0.39, 0.29) is 44.4 Å². The number of carbonyl (C=O) groups is 4. The Balaban J connectivity index is 1.82. The molecule has 3 rings (SSSR count). The summed E-state index contributed by atoms with van der Waals surface area (Å²) in [6, 6.07) is 8.04. The Labute approximate surface area is 281 Å². The zero-order valence-electron chi connectivity index (χ0n) is 30.3. The maximum absolute atomic E-state index is 14.1. The van der Waals surface area contributed by atoms with Crippen LogP contribution in [0.15, 0.2) is 30.3 Å². The molecule has 2 fully saturated rings. The van der Waals surface area contributed by atoms with Crippen molar-refractivity contribution in [1.29, 1.82) is 0 Å². The van der Waals surface area contributed by atoms with E-state index in [0.717, 1.165) is 5.56 Å². The van der Waals surface area contributed by atoms with Crippen molar-refractivity contribution in [3.05, 3.63) is 35.9 Å². The molecule has 47 heavy (non-hydrogen) atoms. The minimum absolute atomic E-state index is 0.0652. The summed E-state index contributed by atoms with van der Waals surface area (Å²) in [6.07, 6.45) is 1.81. The lowest BCUT2D eigenvalue weighted by atomic mass is 9.80. The number of esters is 1. The molecule has 0 saturated carbocycles. The Kier molecular flexibility index (Phi) is 12.2. The molecule has 262 valence electrons. The summed E-state index contributed by atoms with van der Waals surface area (Å²) in [5, 5.41) is 2.72. The third-order valence-electron chi connectivity index (χ3n) is 9.54. The number of alkyl carbamates (subject to hydrolysis) is 1. The van der Waals surface area contributed by atoms with E-state index in [1.165, 1.54) is 6.92 Å². The van der Waals surface area contributed by atoms with Gasteiger partial charge >= 0.3 is 19.2 Å². The second kappa shape index (κ2) is 15.0. The third kappa shape index (κ3) is 9.50. The van der Waals surface area contributed by atoms with Gasteiger partial charge in [-0.1, -0.05) is 57.0 Å². The zero-order chi connectivity index (χ0) is 35.4. The van der Waals surface area contributed by atoms with E-state index in [9.17, 15) is 19.2 Å². The number of benzene rings is 1. The number of amides is 3. The Morgan fingerprint density at radius 3 is 2.17 bits per heavy atom. The van der Waals surface area contributed by atoms with Gasteiger partial charge in [0.25, 0.3) is 0 Å². The molecule has 2 heterocycles. The van der Waals surface area contributed by atoms with Gasteiger partial charge in [-0.05, 0) is 72.7 Å². The van der Waals surface area contributed by atoms with Crippen LogP contribution in [0.1, 0.15) is 100 Å². The van der Waals surface area contributed by atoms with Crippen molar-refractivity contribution < 1.29 is 38.0 Å². The van der Waals surface area contributed by atoms with E-state index in [0.29, 0.717) is 25.6 Å². The van der Waals surface area contributed by atoms with Gasteiger partial charge in [-0.15, -0.1) is 0 Å². The Hall–Kier alpha value is -3.12. The molecule has 3 atom stereocenters. The van der Waals surface area contributed by atoms with Crippen molar-refractivity contribution in [2.75, 3.05) is 13.6 Å². The number of nitrogens with zero attached hydrogens (tertiary/aromatic N) is 2. The quantitative estimate of drug-likeness (QED) is 0.181. The number of likely N-dealkylation sites (tertiary alicyclic amines) is 1. The minimum Gasteiger partial charge on any atom is -0.459 e. The van der Waals surface area contributed by atoms with Crippen LogP contribution < -0.4 is 5.32 Å². The van der Waals surface area contributed by atoms with E-state index in [4.69, 9.17) is 18.8 Å². The lowest BCUT2D eigenvalue weighted by Crippen LogP contribution is -2.54. The molecule has 0 bridgehead atoms. The fourth-order valence-electron chi connectivity index (χ4n) is 6.19. The van der Waals surface area contributed by atoms with Crippen LogP contribution in [0.2, 0.25) is 6.32 Å². The molecule has 11 nitrogen and oxygen atoms in total. The van der Waals surface area contributed by atoms with E-state index in [2.05, 4.69) is 5.32 Å². The topological polar surface area (TPSA) is 124 Å². The highest BCUT2D eigenvalue weighted by molar-refractivity contribution is 6.45. The van der Waals surface area contributed by atoms with Crippen molar-refractivity contribution in [3.63, 3.8) is 0 Å². The van der Waals surface area contributed by atoms with Crippen LogP contribution in [0.5, 0.6) is 0 Å². The first-order valence-electron chi connectivity index (χ1n) is 16.8. The van der Waals surface area contributed by atoms with Crippen LogP contribution in [0.25, 0.3) is 0 Å². The normalized spacial score (nSPS) is 22.6. The molecular weight excluding hydrogens is 601 g/mol. The van der Waals surface area contributed by atoms with Gasteiger partial charge in [0.05, 0.1) is 17.2 Å². The van der Waals surface area contributed by atoms with Crippen LogP contribution in [-0.2, 0) is 39.8 Å². The van der Waals surface area contributed by atoms with Gasteiger partial charge in [0, 0.05) is 26.9 Å². The van der Waals surface area contributed by atoms with Crippen molar-refractivity contribution in [1.82, 2.24) is 15.1 Å². The number of hydrogen-bond donors (Lipinski definition) is 1. The van der Waals surface area contributed by atoms with Crippen LogP contribution in [-0.4, -0.2) is 88.8 Å². The summed E-state index contributed by atoms with van der Waals surface area (Å²) < 4.78 is 23.6. The summed E-state index contributed by atoms with van der Waals surface area (Å²) in [7, 11) is 1.29. The van der Waals surface area contributed by atoms with Crippen molar-refractivity contribution in [2.24, 2.45) is 5.92 Å². The molecule has 1 aromatic carbocycles. The highest BCUT2D eigenvalue weighted by Crippen LogP contribution is 2.40. The zero-order valence-corrected chi connectivity index (χ0v) is 30.3. The molecule has 12 heteroatoms.